The second-order valence-electron chi connectivity index (χ2n) is 5.58. The number of carbonyl (C=O) groups excluding carboxylic acids is 4. The number of urea groups is 2. The first kappa shape index (κ1) is 19.9. The molecule has 0 bridgehead atoms. The van der Waals surface area contributed by atoms with Crippen LogP contribution in [0.5, 0.6) is 0 Å². The van der Waals surface area contributed by atoms with Gasteiger partial charge < -0.3 is 21.1 Å². The van der Waals surface area contributed by atoms with Gasteiger partial charge in [-0.2, -0.15) is 0 Å². The van der Waals surface area contributed by atoms with Gasteiger partial charge in [0.25, 0.3) is 5.91 Å². The van der Waals surface area contributed by atoms with Crippen molar-refractivity contribution < 1.29 is 23.9 Å². The molecule has 0 saturated heterocycles. The summed E-state index contributed by atoms with van der Waals surface area (Å²) in [5, 5.41) is 7.20. The number of hydrogen-bond donors (Lipinski definition) is 4. The molecule has 0 aromatic heterocycles. The highest BCUT2D eigenvalue weighted by Gasteiger charge is 2.19. The van der Waals surface area contributed by atoms with E-state index in [1.54, 1.807) is 12.1 Å². The standard InChI is InChI=1S/C16H22N4O5/c1-9(2)19-16(24)18-8-11-4-6-12(7-5-11)14(22)25-10(3)13(21)20-15(17)23/h4-7,9-10H,8H2,1-3H3,(H2,18,19,24)(H3,17,20,21,23)/t10-/m1/s1. The smallest absolute Gasteiger partial charge is 0.338 e. The lowest BCUT2D eigenvalue weighted by molar-refractivity contribution is -0.127. The van der Waals surface area contributed by atoms with Crippen molar-refractivity contribution in [3.8, 4) is 0 Å². The van der Waals surface area contributed by atoms with Crippen molar-refractivity contribution in [1.82, 2.24) is 16.0 Å². The van der Waals surface area contributed by atoms with Crippen molar-refractivity contribution in [1.29, 1.82) is 0 Å². The topological polar surface area (TPSA) is 140 Å². The van der Waals surface area contributed by atoms with Crippen LogP contribution in [0.2, 0.25) is 0 Å². The molecule has 0 aliphatic rings. The predicted molar refractivity (Wildman–Crippen MR) is 89.6 cm³/mol. The van der Waals surface area contributed by atoms with E-state index in [1.165, 1.54) is 19.1 Å². The molecule has 1 rings (SSSR count). The van der Waals surface area contributed by atoms with E-state index < -0.39 is 24.0 Å². The highest BCUT2D eigenvalue weighted by molar-refractivity contribution is 5.98. The summed E-state index contributed by atoms with van der Waals surface area (Å²) in [5.41, 5.74) is 5.84. The van der Waals surface area contributed by atoms with Crippen LogP contribution in [0.15, 0.2) is 24.3 Å². The number of benzene rings is 1. The number of imide groups is 1. The quantitative estimate of drug-likeness (QED) is 0.557. The van der Waals surface area contributed by atoms with Crippen LogP contribution in [0.25, 0.3) is 0 Å². The molecule has 1 aromatic carbocycles. The number of hydrogen-bond acceptors (Lipinski definition) is 5. The summed E-state index contributed by atoms with van der Waals surface area (Å²) in [7, 11) is 0. The Balaban J connectivity index is 2.55. The van der Waals surface area contributed by atoms with Gasteiger partial charge in [-0.15, -0.1) is 0 Å². The lowest BCUT2D eigenvalue weighted by Crippen LogP contribution is -2.42. The fraction of sp³-hybridized carbons (Fsp3) is 0.375. The molecular weight excluding hydrogens is 328 g/mol. The van der Waals surface area contributed by atoms with Gasteiger partial charge in [-0.25, -0.2) is 14.4 Å². The van der Waals surface area contributed by atoms with Gasteiger partial charge in [-0.3, -0.25) is 10.1 Å². The number of amides is 5. The largest absolute Gasteiger partial charge is 0.449 e. The summed E-state index contributed by atoms with van der Waals surface area (Å²) in [6, 6.07) is 5.06. The Bertz CT molecular complexity index is 642. The fourth-order valence-electron chi connectivity index (χ4n) is 1.76. The maximum Gasteiger partial charge on any atom is 0.338 e. The van der Waals surface area contributed by atoms with Crippen LogP contribution in [0.1, 0.15) is 36.7 Å². The number of nitrogens with one attached hydrogen (secondary N) is 3. The van der Waals surface area contributed by atoms with Gasteiger partial charge >= 0.3 is 18.0 Å². The Morgan fingerprint density at radius 1 is 1.08 bits per heavy atom. The third-order valence-electron chi connectivity index (χ3n) is 2.96. The minimum absolute atomic E-state index is 0.0332. The van der Waals surface area contributed by atoms with Crippen LogP contribution < -0.4 is 21.7 Å². The third-order valence-corrected chi connectivity index (χ3v) is 2.96. The van der Waals surface area contributed by atoms with Crippen molar-refractivity contribution in [2.24, 2.45) is 5.73 Å². The number of ether oxygens (including phenoxy) is 1. The summed E-state index contributed by atoms with van der Waals surface area (Å²) >= 11 is 0. The molecule has 1 aromatic rings. The molecule has 5 amide bonds. The maximum atomic E-state index is 11.9. The fourth-order valence-corrected chi connectivity index (χ4v) is 1.76. The number of nitrogens with two attached hydrogens (primary N) is 1. The Morgan fingerprint density at radius 3 is 2.20 bits per heavy atom. The molecule has 0 aliphatic carbocycles. The van der Waals surface area contributed by atoms with Gasteiger partial charge in [0.2, 0.25) is 0 Å². The van der Waals surface area contributed by atoms with Crippen molar-refractivity contribution in [2.75, 3.05) is 0 Å². The monoisotopic (exact) mass is 350 g/mol. The second kappa shape index (κ2) is 9.26. The molecular formula is C16H22N4O5. The van der Waals surface area contributed by atoms with Crippen LogP contribution in [0, 0.1) is 0 Å². The van der Waals surface area contributed by atoms with Crippen molar-refractivity contribution in [3.05, 3.63) is 35.4 Å². The van der Waals surface area contributed by atoms with Gasteiger partial charge in [0.1, 0.15) is 0 Å². The highest BCUT2D eigenvalue weighted by Crippen LogP contribution is 2.07. The molecule has 0 aliphatic heterocycles. The molecule has 9 nitrogen and oxygen atoms in total. The minimum Gasteiger partial charge on any atom is -0.449 e. The molecule has 0 radical (unpaired) electrons. The van der Waals surface area contributed by atoms with E-state index in [0.717, 1.165) is 5.56 Å². The molecule has 0 heterocycles. The molecule has 9 heteroatoms. The second-order valence-corrected chi connectivity index (χ2v) is 5.58. The Labute approximate surface area is 145 Å². The predicted octanol–water partition coefficient (Wildman–Crippen LogP) is 0.634. The zero-order valence-corrected chi connectivity index (χ0v) is 14.3. The summed E-state index contributed by atoms with van der Waals surface area (Å²) in [6.45, 7) is 5.32. The molecule has 25 heavy (non-hydrogen) atoms. The first-order valence-corrected chi connectivity index (χ1v) is 7.63. The van der Waals surface area contributed by atoms with Gasteiger partial charge in [0.05, 0.1) is 5.56 Å². The zero-order chi connectivity index (χ0) is 19.0. The van der Waals surface area contributed by atoms with Crippen LogP contribution in [0.3, 0.4) is 0 Å². The number of esters is 1. The van der Waals surface area contributed by atoms with E-state index in [9.17, 15) is 19.2 Å². The molecule has 0 unspecified atom stereocenters. The zero-order valence-electron chi connectivity index (χ0n) is 14.3. The van der Waals surface area contributed by atoms with E-state index >= 15 is 0 Å². The molecule has 136 valence electrons. The van der Waals surface area contributed by atoms with Crippen LogP contribution in [-0.2, 0) is 16.1 Å². The SMILES string of the molecule is CC(C)NC(=O)NCc1ccc(C(=O)O[C@H](C)C(=O)NC(N)=O)cc1. The number of carbonyl (C=O) groups is 4. The Kier molecular flexibility index (Phi) is 7.39. The van der Waals surface area contributed by atoms with Crippen LogP contribution in [-0.4, -0.2) is 36.1 Å². The van der Waals surface area contributed by atoms with Crippen molar-refractivity contribution >= 4 is 23.9 Å². The van der Waals surface area contributed by atoms with E-state index in [1.807, 2.05) is 19.2 Å². The maximum absolute atomic E-state index is 11.9. The van der Waals surface area contributed by atoms with Crippen molar-refractivity contribution in [3.63, 3.8) is 0 Å². The van der Waals surface area contributed by atoms with Crippen LogP contribution >= 0.6 is 0 Å². The van der Waals surface area contributed by atoms with Crippen molar-refractivity contribution in [2.45, 2.75) is 39.5 Å². The normalized spacial score (nSPS) is 11.4. The van der Waals surface area contributed by atoms with E-state index in [-0.39, 0.29) is 17.6 Å². The first-order valence-electron chi connectivity index (χ1n) is 7.63. The first-order chi connectivity index (χ1) is 11.7. The van der Waals surface area contributed by atoms with E-state index in [4.69, 9.17) is 10.5 Å². The van der Waals surface area contributed by atoms with Gasteiger partial charge in [0.15, 0.2) is 6.10 Å². The van der Waals surface area contributed by atoms with Gasteiger partial charge in [-0.1, -0.05) is 12.1 Å². The third kappa shape index (κ3) is 7.34. The number of rotatable bonds is 6. The molecule has 5 N–H and O–H groups in total. The van der Waals surface area contributed by atoms with Gasteiger partial charge in [-0.05, 0) is 38.5 Å². The van der Waals surface area contributed by atoms with Gasteiger partial charge in [0, 0.05) is 12.6 Å². The van der Waals surface area contributed by atoms with Crippen LogP contribution in [0.4, 0.5) is 9.59 Å². The summed E-state index contributed by atoms with van der Waals surface area (Å²) in [4.78, 5) is 45.5. The average Bonchev–Trinajstić information content (AvgIpc) is 2.52. The highest BCUT2D eigenvalue weighted by atomic mass is 16.5. The summed E-state index contributed by atoms with van der Waals surface area (Å²) in [5.74, 6) is -1.53. The van der Waals surface area contributed by atoms with E-state index in [0.29, 0.717) is 6.54 Å². The number of primary amides is 1. The molecule has 1 atom stereocenters. The molecule has 0 fully saturated rings. The summed E-state index contributed by atoms with van der Waals surface area (Å²) in [6.07, 6.45) is -1.17. The van der Waals surface area contributed by atoms with E-state index in [2.05, 4.69) is 10.6 Å². The minimum atomic E-state index is -1.17. The molecule has 0 saturated carbocycles. The Hall–Kier alpha value is -3.10. The Morgan fingerprint density at radius 2 is 1.68 bits per heavy atom. The molecule has 0 spiro atoms. The summed E-state index contributed by atoms with van der Waals surface area (Å²) < 4.78 is 4.94. The average molecular weight is 350 g/mol. The lowest BCUT2D eigenvalue weighted by atomic mass is 10.1. The lowest BCUT2D eigenvalue weighted by Gasteiger charge is -2.12.